The van der Waals surface area contributed by atoms with Crippen molar-refractivity contribution in [2.45, 2.75) is 37.8 Å². The predicted octanol–water partition coefficient (Wildman–Crippen LogP) is -0.162. The number of hydrogen-bond acceptors (Lipinski definition) is 3. The zero-order valence-electron chi connectivity index (χ0n) is 7.14. The van der Waals surface area contributed by atoms with Crippen molar-refractivity contribution in [3.8, 4) is 0 Å². The molecule has 0 saturated carbocycles. The maximum atomic E-state index is 9.96. The van der Waals surface area contributed by atoms with Crippen LogP contribution in [0.5, 0.6) is 0 Å². The highest BCUT2D eigenvalue weighted by Crippen LogP contribution is 2.21. The molecular formula is C8H18N2O. The maximum Gasteiger partial charge on any atom is 0.0808 e. The van der Waals surface area contributed by atoms with Crippen molar-refractivity contribution >= 4 is 0 Å². The summed E-state index contributed by atoms with van der Waals surface area (Å²) in [6.45, 7) is 3.71. The molecule has 11 heavy (non-hydrogen) atoms. The minimum absolute atomic E-state index is 0.102. The second kappa shape index (κ2) is 3.52. The Morgan fingerprint density at radius 3 is 3.09 bits per heavy atom. The molecule has 0 unspecified atom stereocenters. The fourth-order valence-electron chi connectivity index (χ4n) is 1.59. The van der Waals surface area contributed by atoms with E-state index in [1.165, 1.54) is 0 Å². The molecule has 0 aliphatic carbocycles. The summed E-state index contributed by atoms with van der Waals surface area (Å²) in [5, 5.41) is 13.2. The first-order chi connectivity index (χ1) is 5.19. The lowest BCUT2D eigenvalue weighted by Crippen LogP contribution is -2.50. The van der Waals surface area contributed by atoms with E-state index in [1.54, 1.807) is 0 Å². The zero-order valence-corrected chi connectivity index (χ0v) is 7.14. The fraction of sp³-hybridized carbons (Fsp3) is 1.00. The van der Waals surface area contributed by atoms with Gasteiger partial charge in [0, 0.05) is 12.6 Å². The summed E-state index contributed by atoms with van der Waals surface area (Å²) in [5.41, 5.74) is 5.19. The molecule has 4 N–H and O–H groups in total. The quantitative estimate of drug-likeness (QED) is 0.497. The van der Waals surface area contributed by atoms with Crippen LogP contribution in [-0.2, 0) is 0 Å². The summed E-state index contributed by atoms with van der Waals surface area (Å²) in [7, 11) is 0. The third kappa shape index (κ3) is 1.92. The van der Waals surface area contributed by atoms with E-state index in [1.807, 2.05) is 6.92 Å². The molecule has 1 aliphatic rings. The van der Waals surface area contributed by atoms with Gasteiger partial charge in [0.1, 0.15) is 0 Å². The molecule has 2 atom stereocenters. The number of nitrogens with two attached hydrogens (primary N) is 1. The minimum Gasteiger partial charge on any atom is -0.388 e. The van der Waals surface area contributed by atoms with Crippen molar-refractivity contribution in [1.29, 1.82) is 0 Å². The van der Waals surface area contributed by atoms with E-state index in [-0.39, 0.29) is 6.04 Å². The topological polar surface area (TPSA) is 58.3 Å². The summed E-state index contributed by atoms with van der Waals surface area (Å²) in [5.74, 6) is 0. The lowest BCUT2D eigenvalue weighted by molar-refractivity contribution is 0.00774. The summed E-state index contributed by atoms with van der Waals surface area (Å²) >= 11 is 0. The summed E-state index contributed by atoms with van der Waals surface area (Å²) in [6.07, 6.45) is 2.62. The van der Waals surface area contributed by atoms with Crippen LogP contribution in [0.25, 0.3) is 0 Å². The van der Waals surface area contributed by atoms with Gasteiger partial charge in [0.05, 0.1) is 5.60 Å². The summed E-state index contributed by atoms with van der Waals surface area (Å²) in [4.78, 5) is 0. The molecule has 66 valence electrons. The SMILES string of the molecule is CC[C@]1(O)CCCNC[C@H]1N. The second-order valence-electron chi connectivity index (χ2n) is 3.37. The molecule has 0 aromatic rings. The summed E-state index contributed by atoms with van der Waals surface area (Å²) in [6, 6.07) is -0.102. The summed E-state index contributed by atoms with van der Waals surface area (Å²) < 4.78 is 0. The molecule has 0 radical (unpaired) electrons. The standard InChI is InChI=1S/C8H18N2O/c1-2-8(11)4-3-5-10-6-7(8)9/h7,10-11H,2-6,9H2,1H3/t7-,8+/m1/s1. The van der Waals surface area contributed by atoms with E-state index < -0.39 is 5.60 Å². The Labute approximate surface area is 68.0 Å². The molecule has 0 spiro atoms. The van der Waals surface area contributed by atoms with Gasteiger partial charge in [-0.3, -0.25) is 0 Å². The molecule has 1 saturated heterocycles. The van der Waals surface area contributed by atoms with E-state index in [4.69, 9.17) is 5.73 Å². The van der Waals surface area contributed by atoms with Crippen molar-refractivity contribution in [3.63, 3.8) is 0 Å². The molecule has 1 heterocycles. The fourth-order valence-corrected chi connectivity index (χ4v) is 1.59. The van der Waals surface area contributed by atoms with Gasteiger partial charge < -0.3 is 16.2 Å². The van der Waals surface area contributed by atoms with Gasteiger partial charge in [-0.15, -0.1) is 0 Å². The van der Waals surface area contributed by atoms with E-state index in [0.29, 0.717) is 0 Å². The van der Waals surface area contributed by atoms with E-state index in [0.717, 1.165) is 32.4 Å². The molecule has 0 amide bonds. The lowest BCUT2D eigenvalue weighted by Gasteiger charge is -2.30. The molecule has 1 aliphatic heterocycles. The van der Waals surface area contributed by atoms with Gasteiger partial charge in [-0.25, -0.2) is 0 Å². The highest BCUT2D eigenvalue weighted by atomic mass is 16.3. The monoisotopic (exact) mass is 158 g/mol. The highest BCUT2D eigenvalue weighted by Gasteiger charge is 2.32. The van der Waals surface area contributed by atoms with Gasteiger partial charge in [-0.1, -0.05) is 6.92 Å². The third-order valence-electron chi connectivity index (χ3n) is 2.63. The number of rotatable bonds is 1. The van der Waals surface area contributed by atoms with Crippen LogP contribution in [0, 0.1) is 0 Å². The van der Waals surface area contributed by atoms with Crippen LogP contribution in [0.4, 0.5) is 0 Å². The van der Waals surface area contributed by atoms with Gasteiger partial charge in [-0.05, 0) is 25.8 Å². The van der Waals surface area contributed by atoms with E-state index in [2.05, 4.69) is 5.32 Å². The number of aliphatic hydroxyl groups is 1. The molecule has 0 aromatic carbocycles. The molecule has 0 aromatic heterocycles. The Morgan fingerprint density at radius 2 is 2.45 bits per heavy atom. The second-order valence-corrected chi connectivity index (χ2v) is 3.37. The van der Waals surface area contributed by atoms with Gasteiger partial charge in [-0.2, -0.15) is 0 Å². The molecular weight excluding hydrogens is 140 g/mol. The van der Waals surface area contributed by atoms with Crippen LogP contribution < -0.4 is 11.1 Å². The Bertz CT molecular complexity index is 129. The van der Waals surface area contributed by atoms with Crippen LogP contribution in [0.15, 0.2) is 0 Å². The van der Waals surface area contributed by atoms with Crippen molar-refractivity contribution < 1.29 is 5.11 Å². The van der Waals surface area contributed by atoms with Gasteiger partial charge in [0.25, 0.3) is 0 Å². The van der Waals surface area contributed by atoms with Crippen LogP contribution in [0.3, 0.4) is 0 Å². The molecule has 3 heteroatoms. The van der Waals surface area contributed by atoms with Crippen LogP contribution in [0.1, 0.15) is 26.2 Å². The lowest BCUT2D eigenvalue weighted by atomic mass is 9.88. The van der Waals surface area contributed by atoms with Gasteiger partial charge >= 0.3 is 0 Å². The van der Waals surface area contributed by atoms with Crippen molar-refractivity contribution in [1.82, 2.24) is 5.32 Å². The number of nitrogens with one attached hydrogen (secondary N) is 1. The van der Waals surface area contributed by atoms with Crippen molar-refractivity contribution in [2.75, 3.05) is 13.1 Å². The molecule has 0 bridgehead atoms. The molecule has 3 nitrogen and oxygen atoms in total. The number of hydrogen-bond donors (Lipinski definition) is 3. The Kier molecular flexibility index (Phi) is 2.87. The maximum absolute atomic E-state index is 9.96. The predicted molar refractivity (Wildman–Crippen MR) is 45.3 cm³/mol. The smallest absolute Gasteiger partial charge is 0.0808 e. The average molecular weight is 158 g/mol. The first-order valence-corrected chi connectivity index (χ1v) is 4.38. The minimum atomic E-state index is -0.622. The average Bonchev–Trinajstić information content (AvgIpc) is 2.16. The van der Waals surface area contributed by atoms with E-state index in [9.17, 15) is 5.11 Å². The normalized spacial score (nSPS) is 40.1. The Morgan fingerprint density at radius 1 is 1.73 bits per heavy atom. The van der Waals surface area contributed by atoms with Crippen LogP contribution in [0.2, 0.25) is 0 Å². The first-order valence-electron chi connectivity index (χ1n) is 4.38. The Hall–Kier alpha value is -0.120. The highest BCUT2D eigenvalue weighted by molar-refractivity contribution is 4.91. The third-order valence-corrected chi connectivity index (χ3v) is 2.63. The van der Waals surface area contributed by atoms with Gasteiger partial charge in [0.2, 0.25) is 0 Å². The molecule has 1 rings (SSSR count). The first kappa shape index (κ1) is 8.97. The van der Waals surface area contributed by atoms with Crippen molar-refractivity contribution in [3.05, 3.63) is 0 Å². The van der Waals surface area contributed by atoms with Gasteiger partial charge in [0.15, 0.2) is 0 Å². The zero-order chi connectivity index (χ0) is 8.32. The van der Waals surface area contributed by atoms with Crippen molar-refractivity contribution in [2.24, 2.45) is 5.73 Å². The van der Waals surface area contributed by atoms with Crippen LogP contribution in [-0.4, -0.2) is 29.8 Å². The van der Waals surface area contributed by atoms with Crippen LogP contribution >= 0.6 is 0 Å². The Balaban J connectivity index is 2.58. The van der Waals surface area contributed by atoms with E-state index >= 15 is 0 Å². The largest absolute Gasteiger partial charge is 0.388 e. The molecule has 1 fully saturated rings.